The summed E-state index contributed by atoms with van der Waals surface area (Å²) in [7, 11) is 0. The lowest BCUT2D eigenvalue weighted by molar-refractivity contribution is 0.0998. The average molecular weight is 352 g/mol. The first-order valence-corrected chi connectivity index (χ1v) is 8.70. The van der Waals surface area contributed by atoms with Crippen LogP contribution in [0.2, 0.25) is 0 Å². The number of amides is 1. The molecule has 1 aliphatic heterocycles. The number of oxazole rings is 1. The molecule has 2 aromatic heterocycles. The van der Waals surface area contributed by atoms with Gasteiger partial charge in [-0.15, -0.1) is 0 Å². The molecule has 4 rings (SSSR count). The lowest BCUT2D eigenvalue weighted by atomic mass is 9.96. The topological polar surface area (TPSA) is 105 Å². The van der Waals surface area contributed by atoms with E-state index in [4.69, 9.17) is 10.2 Å². The van der Waals surface area contributed by atoms with E-state index in [2.05, 4.69) is 14.9 Å². The number of aromatic amines is 1. The number of para-hydroxylation sites is 2. The quantitative estimate of drug-likeness (QED) is 0.747. The van der Waals surface area contributed by atoms with Crippen molar-refractivity contribution in [1.82, 2.24) is 14.9 Å². The Kier molecular flexibility index (Phi) is 4.30. The fourth-order valence-electron chi connectivity index (χ4n) is 3.44. The summed E-state index contributed by atoms with van der Waals surface area (Å²) in [6.07, 6.45) is 1.91. The van der Waals surface area contributed by atoms with Gasteiger partial charge in [0.15, 0.2) is 11.5 Å². The van der Waals surface area contributed by atoms with Crippen molar-refractivity contribution in [3.8, 4) is 0 Å². The number of likely N-dealkylation sites (tertiary alicyclic amines) is 1. The number of H-pyrrole nitrogens is 1. The fourth-order valence-corrected chi connectivity index (χ4v) is 3.44. The van der Waals surface area contributed by atoms with Crippen molar-refractivity contribution in [2.24, 2.45) is 5.73 Å². The summed E-state index contributed by atoms with van der Waals surface area (Å²) in [6.45, 7) is 2.42. The summed E-state index contributed by atoms with van der Waals surface area (Å²) < 4.78 is 5.89. The minimum atomic E-state index is -0.711. The molecule has 0 aliphatic carbocycles. The number of nitrogens with zero attached hydrogens (tertiary/aromatic N) is 2. The van der Waals surface area contributed by atoms with E-state index in [0.717, 1.165) is 48.6 Å². The van der Waals surface area contributed by atoms with Crippen molar-refractivity contribution in [3.05, 3.63) is 63.9 Å². The molecule has 26 heavy (non-hydrogen) atoms. The molecule has 1 saturated heterocycles. The highest BCUT2D eigenvalue weighted by atomic mass is 16.3. The summed E-state index contributed by atoms with van der Waals surface area (Å²) in [5.41, 5.74) is 7.23. The maximum atomic E-state index is 11.8. The van der Waals surface area contributed by atoms with Gasteiger partial charge in [0, 0.05) is 18.2 Å². The zero-order chi connectivity index (χ0) is 18.1. The summed E-state index contributed by atoms with van der Waals surface area (Å²) in [4.78, 5) is 32.6. The van der Waals surface area contributed by atoms with Gasteiger partial charge in [-0.3, -0.25) is 14.5 Å². The molecule has 3 aromatic rings. The Morgan fingerprint density at radius 1 is 1.23 bits per heavy atom. The third-order valence-electron chi connectivity index (χ3n) is 4.88. The van der Waals surface area contributed by atoms with E-state index in [9.17, 15) is 9.59 Å². The van der Waals surface area contributed by atoms with Crippen LogP contribution in [0.5, 0.6) is 0 Å². The van der Waals surface area contributed by atoms with Crippen LogP contribution in [0.4, 0.5) is 0 Å². The van der Waals surface area contributed by atoms with Gasteiger partial charge in [-0.05, 0) is 50.2 Å². The SMILES string of the molecule is NC(=O)c1ccc(CN2CCC(c3nc4ccccc4o3)CC2)[nH]c1=O. The van der Waals surface area contributed by atoms with Crippen molar-refractivity contribution >= 4 is 17.0 Å². The molecule has 1 amide bonds. The number of pyridine rings is 1. The van der Waals surface area contributed by atoms with Crippen LogP contribution in [0.15, 0.2) is 45.6 Å². The van der Waals surface area contributed by atoms with E-state index >= 15 is 0 Å². The number of rotatable bonds is 4. The van der Waals surface area contributed by atoms with E-state index in [1.807, 2.05) is 24.3 Å². The van der Waals surface area contributed by atoms with E-state index in [-0.39, 0.29) is 5.56 Å². The second-order valence-corrected chi connectivity index (χ2v) is 6.66. The molecule has 0 unspecified atom stereocenters. The molecule has 0 radical (unpaired) electrons. The predicted octanol–water partition coefficient (Wildman–Crippen LogP) is 1.99. The van der Waals surface area contributed by atoms with Crippen LogP contribution in [0, 0.1) is 0 Å². The molecular weight excluding hydrogens is 332 g/mol. The highest BCUT2D eigenvalue weighted by molar-refractivity contribution is 5.92. The number of hydrogen-bond donors (Lipinski definition) is 2. The van der Waals surface area contributed by atoms with Crippen molar-refractivity contribution < 1.29 is 9.21 Å². The van der Waals surface area contributed by atoms with E-state index < -0.39 is 11.5 Å². The summed E-state index contributed by atoms with van der Waals surface area (Å²) in [5.74, 6) is 0.414. The molecule has 0 atom stereocenters. The molecule has 1 aromatic carbocycles. The number of carbonyl (C=O) groups is 1. The van der Waals surface area contributed by atoms with Gasteiger partial charge in [0.1, 0.15) is 11.1 Å². The molecule has 1 fully saturated rings. The highest BCUT2D eigenvalue weighted by Crippen LogP contribution is 2.30. The largest absolute Gasteiger partial charge is 0.440 e. The standard InChI is InChI=1S/C19H20N4O3/c20-17(24)14-6-5-13(21-18(14)25)11-23-9-7-12(8-10-23)19-22-15-3-1-2-4-16(15)26-19/h1-6,12H,7-11H2,(H2,20,24)(H,21,25). The number of aromatic nitrogens is 2. The molecule has 1 aliphatic rings. The van der Waals surface area contributed by atoms with Gasteiger partial charge in [-0.25, -0.2) is 4.98 Å². The molecule has 7 heteroatoms. The Bertz CT molecular complexity index is 966. The predicted molar refractivity (Wildman–Crippen MR) is 96.8 cm³/mol. The monoisotopic (exact) mass is 352 g/mol. The zero-order valence-corrected chi connectivity index (χ0v) is 14.3. The molecule has 0 spiro atoms. The maximum Gasteiger partial charge on any atom is 0.261 e. The molecule has 134 valence electrons. The Hall–Kier alpha value is -2.93. The molecule has 7 nitrogen and oxygen atoms in total. The molecular formula is C19H20N4O3. The number of benzene rings is 1. The number of fused-ring (bicyclic) bond motifs is 1. The summed E-state index contributed by atoms with van der Waals surface area (Å²) >= 11 is 0. The van der Waals surface area contributed by atoms with Crippen LogP contribution < -0.4 is 11.3 Å². The molecule has 3 N–H and O–H groups in total. The maximum absolute atomic E-state index is 11.8. The third-order valence-corrected chi connectivity index (χ3v) is 4.88. The highest BCUT2D eigenvalue weighted by Gasteiger charge is 2.24. The van der Waals surface area contributed by atoms with Crippen LogP contribution in [0.3, 0.4) is 0 Å². The van der Waals surface area contributed by atoms with E-state index in [1.165, 1.54) is 6.07 Å². The Morgan fingerprint density at radius 3 is 2.69 bits per heavy atom. The lowest BCUT2D eigenvalue weighted by Gasteiger charge is -2.30. The van der Waals surface area contributed by atoms with Gasteiger partial charge in [0.2, 0.25) is 0 Å². The summed E-state index contributed by atoms with van der Waals surface area (Å²) in [6, 6.07) is 11.0. The number of primary amides is 1. The number of nitrogens with one attached hydrogen (secondary N) is 1. The van der Waals surface area contributed by atoms with Crippen molar-refractivity contribution in [2.75, 3.05) is 13.1 Å². The second kappa shape index (κ2) is 6.76. The average Bonchev–Trinajstić information content (AvgIpc) is 3.06. The number of piperidine rings is 1. The lowest BCUT2D eigenvalue weighted by Crippen LogP contribution is -2.33. The number of hydrogen-bond acceptors (Lipinski definition) is 5. The smallest absolute Gasteiger partial charge is 0.261 e. The van der Waals surface area contributed by atoms with Crippen LogP contribution in [-0.4, -0.2) is 33.9 Å². The first kappa shape index (κ1) is 16.5. The van der Waals surface area contributed by atoms with Gasteiger partial charge in [-0.2, -0.15) is 0 Å². The Morgan fingerprint density at radius 2 is 2.00 bits per heavy atom. The summed E-state index contributed by atoms with van der Waals surface area (Å²) in [5, 5.41) is 0. The third kappa shape index (κ3) is 3.25. The molecule has 3 heterocycles. The number of carbonyl (C=O) groups excluding carboxylic acids is 1. The van der Waals surface area contributed by atoms with Gasteiger partial charge in [0.05, 0.1) is 0 Å². The molecule has 0 bridgehead atoms. The van der Waals surface area contributed by atoms with Crippen LogP contribution in [-0.2, 0) is 6.54 Å². The van der Waals surface area contributed by atoms with Crippen molar-refractivity contribution in [3.63, 3.8) is 0 Å². The fraction of sp³-hybridized carbons (Fsp3) is 0.316. The van der Waals surface area contributed by atoms with Gasteiger partial charge in [-0.1, -0.05) is 12.1 Å². The van der Waals surface area contributed by atoms with Crippen LogP contribution in [0.25, 0.3) is 11.1 Å². The van der Waals surface area contributed by atoms with Crippen molar-refractivity contribution in [2.45, 2.75) is 25.3 Å². The zero-order valence-electron chi connectivity index (χ0n) is 14.3. The second-order valence-electron chi connectivity index (χ2n) is 6.66. The van der Waals surface area contributed by atoms with Crippen LogP contribution in [0.1, 0.15) is 40.7 Å². The van der Waals surface area contributed by atoms with Gasteiger partial charge >= 0.3 is 0 Å². The minimum Gasteiger partial charge on any atom is -0.440 e. The van der Waals surface area contributed by atoms with E-state index in [0.29, 0.717) is 12.5 Å². The Labute approximate surface area is 149 Å². The molecule has 0 saturated carbocycles. The van der Waals surface area contributed by atoms with Crippen LogP contribution >= 0.6 is 0 Å². The van der Waals surface area contributed by atoms with Crippen molar-refractivity contribution in [1.29, 1.82) is 0 Å². The minimum absolute atomic E-state index is 0.0107. The Balaban J connectivity index is 1.40. The first-order chi connectivity index (χ1) is 12.6. The normalized spacial score (nSPS) is 16.2. The van der Waals surface area contributed by atoms with E-state index in [1.54, 1.807) is 6.07 Å². The van der Waals surface area contributed by atoms with Gasteiger partial charge in [0.25, 0.3) is 11.5 Å². The van der Waals surface area contributed by atoms with Gasteiger partial charge < -0.3 is 15.1 Å². The first-order valence-electron chi connectivity index (χ1n) is 8.70. The number of nitrogens with two attached hydrogens (primary N) is 1.